The van der Waals surface area contributed by atoms with Gasteiger partial charge >= 0.3 is 24.0 Å². The molecule has 2 fully saturated rings. The van der Waals surface area contributed by atoms with Gasteiger partial charge in [0, 0.05) is 24.1 Å². The van der Waals surface area contributed by atoms with Crippen LogP contribution in [0.25, 0.3) is 10.2 Å². The molecule has 4 heterocycles. The second-order valence-electron chi connectivity index (χ2n) is 17.8. The van der Waals surface area contributed by atoms with E-state index in [1.165, 1.54) is 65.9 Å². The molecule has 1 aromatic heterocycles. The van der Waals surface area contributed by atoms with Crippen molar-refractivity contribution in [1.82, 2.24) is 9.88 Å². The number of hydrogen-bond acceptors (Lipinski definition) is 16. The van der Waals surface area contributed by atoms with Crippen LogP contribution in [0.3, 0.4) is 0 Å². The Kier molecular flexibility index (Phi) is 13.4. The van der Waals surface area contributed by atoms with E-state index >= 15 is 14.4 Å². The highest BCUT2D eigenvalue weighted by molar-refractivity contribution is 7.22. The number of ether oxygens (including phenoxy) is 4. The number of aromatic hydroxyl groups is 1. The summed E-state index contributed by atoms with van der Waals surface area (Å²) in [5, 5.41) is 25.3. The number of benzene rings is 6. The van der Waals surface area contributed by atoms with Crippen molar-refractivity contribution in [3.8, 4) is 17.6 Å². The van der Waals surface area contributed by atoms with Gasteiger partial charge < -0.3 is 29.4 Å². The molecule has 6 atom stereocenters. The number of nitro groups is 1. The zero-order chi connectivity index (χ0) is 52.5. The van der Waals surface area contributed by atoms with Gasteiger partial charge in [0.05, 0.1) is 53.0 Å². The third-order valence-corrected chi connectivity index (χ3v) is 14.6. The highest BCUT2D eigenvalue weighted by Crippen LogP contribution is 2.66. The predicted octanol–water partition coefficient (Wildman–Crippen LogP) is 8.25. The van der Waals surface area contributed by atoms with Crippen LogP contribution in [0.5, 0.6) is 5.75 Å². The number of cyclic esters (lactones) is 1. The summed E-state index contributed by atoms with van der Waals surface area (Å²) in [6.07, 6.45) is -2.56. The Hall–Kier alpha value is -9.25. The Bertz CT molecular complexity index is 3420. The minimum absolute atomic E-state index is 0.0353. The van der Waals surface area contributed by atoms with Crippen LogP contribution in [-0.2, 0) is 54.9 Å². The lowest BCUT2D eigenvalue weighted by atomic mass is 9.65. The summed E-state index contributed by atoms with van der Waals surface area (Å²) in [5.41, 5.74) is 0.287. The number of esters is 3. The fourth-order valence-electron chi connectivity index (χ4n) is 10.5. The van der Waals surface area contributed by atoms with E-state index in [2.05, 4.69) is 22.1 Å². The molecule has 0 unspecified atom stereocenters. The van der Waals surface area contributed by atoms with Gasteiger partial charge in [-0.05, 0) is 82.4 Å². The average Bonchev–Trinajstić information content (AvgIpc) is 4.28. The molecule has 19 heteroatoms. The maximum absolute atomic E-state index is 16.6. The first kappa shape index (κ1) is 49.3. The van der Waals surface area contributed by atoms with Crippen molar-refractivity contribution < 1.29 is 57.7 Å². The van der Waals surface area contributed by atoms with Gasteiger partial charge in [-0.15, -0.1) is 0 Å². The number of non-ortho nitro benzene ring substituents is 1. The number of nitrogens with zero attached hydrogens (tertiary/aromatic N) is 4. The van der Waals surface area contributed by atoms with Gasteiger partial charge in [0.1, 0.15) is 29.9 Å². The first-order valence-corrected chi connectivity index (χ1v) is 24.2. The maximum atomic E-state index is 16.6. The van der Waals surface area contributed by atoms with Gasteiger partial charge in [-0.2, -0.15) is 0 Å². The normalized spacial score (nSPS) is 20.6. The van der Waals surface area contributed by atoms with Crippen molar-refractivity contribution in [3.63, 3.8) is 0 Å². The van der Waals surface area contributed by atoms with Crippen LogP contribution in [-0.4, -0.2) is 76.0 Å². The summed E-state index contributed by atoms with van der Waals surface area (Å²) in [6.45, 7) is -0.438. The minimum atomic E-state index is -2.28. The monoisotopic (exact) mass is 1030 g/mol. The van der Waals surface area contributed by atoms with Crippen LogP contribution in [0.4, 0.5) is 21.3 Å². The Labute approximate surface area is 431 Å². The number of fused-ring (bicyclic) bond motifs is 4. The van der Waals surface area contributed by atoms with Gasteiger partial charge in [0.15, 0.2) is 11.0 Å². The number of nitro benzene ring substituents is 1. The quantitative estimate of drug-likeness (QED) is 0.0310. The Morgan fingerprint density at radius 3 is 2.13 bits per heavy atom. The summed E-state index contributed by atoms with van der Waals surface area (Å²) in [6, 6.07) is 37.3. The van der Waals surface area contributed by atoms with Crippen LogP contribution < -0.4 is 10.2 Å². The SMILES string of the molecule is COC(=O)C(CC#Cc1ccc2c(c1)[C@]1(C(=O)N2C(=O)OCc2ccc([N+](=O)[O-])cc2)[C@H](C(=O)Nc2nc3ccccc3s2)[C@H]2C(=O)O[C@H](c3ccccc3)[C@H](c3ccccc3)N2[C@@H]1c1ccc(O)cc1)C(=O)OC. The molecule has 0 saturated carbocycles. The molecule has 6 aromatic carbocycles. The van der Waals surface area contributed by atoms with E-state index in [1.54, 1.807) is 41.3 Å². The van der Waals surface area contributed by atoms with Gasteiger partial charge in [-0.3, -0.25) is 39.0 Å². The Morgan fingerprint density at radius 2 is 1.48 bits per heavy atom. The molecule has 7 aromatic rings. The average molecular weight is 1030 g/mol. The third kappa shape index (κ3) is 8.85. The largest absolute Gasteiger partial charge is 0.508 e. The second-order valence-corrected chi connectivity index (χ2v) is 18.8. The minimum Gasteiger partial charge on any atom is -0.508 e. The summed E-state index contributed by atoms with van der Waals surface area (Å²) in [5.74, 6) is -1.88. The zero-order valence-electron chi connectivity index (χ0n) is 39.9. The number of aromatic nitrogens is 1. The molecule has 3 aliphatic heterocycles. The summed E-state index contributed by atoms with van der Waals surface area (Å²) < 4.78 is 22.8. The topological polar surface area (TPSA) is 234 Å². The smallest absolute Gasteiger partial charge is 0.421 e. The number of thiazole rings is 1. The number of morpholine rings is 1. The van der Waals surface area contributed by atoms with Crippen molar-refractivity contribution in [2.75, 3.05) is 24.4 Å². The number of phenolic OH excluding ortho intramolecular Hbond substituents is 1. The highest BCUT2D eigenvalue weighted by atomic mass is 32.1. The maximum Gasteiger partial charge on any atom is 0.421 e. The number of methoxy groups -OCH3 is 2. The number of rotatable bonds is 11. The molecule has 2 N–H and O–H groups in total. The van der Waals surface area contributed by atoms with Gasteiger partial charge in [-0.25, -0.2) is 14.7 Å². The number of nitrogens with one attached hydrogen (secondary N) is 1. The second kappa shape index (κ2) is 20.3. The van der Waals surface area contributed by atoms with Crippen LogP contribution >= 0.6 is 11.3 Å². The molecule has 3 aliphatic rings. The van der Waals surface area contributed by atoms with Gasteiger partial charge in [0.25, 0.3) is 5.69 Å². The van der Waals surface area contributed by atoms with Crippen molar-refractivity contribution >= 4 is 73.9 Å². The summed E-state index contributed by atoms with van der Waals surface area (Å²) in [4.78, 5) is 106. The Morgan fingerprint density at radius 1 is 0.827 bits per heavy atom. The van der Waals surface area contributed by atoms with Crippen LogP contribution in [0, 0.1) is 33.8 Å². The molecule has 0 bridgehead atoms. The molecule has 376 valence electrons. The molecule has 10 rings (SSSR count). The molecule has 3 amide bonds. The fourth-order valence-corrected chi connectivity index (χ4v) is 11.3. The number of para-hydroxylation sites is 1. The van der Waals surface area contributed by atoms with Crippen molar-refractivity contribution in [1.29, 1.82) is 0 Å². The number of imide groups is 1. The standard InChI is InChI=1S/C56H43N5O13S/c1-71-50(64)39(51(65)72-2)17-11-12-32-22-29-42-40(30-32)56(53(67)59(42)55(68)73-31-33-20-25-37(26-21-33)61(69)70)44(49(63)58-54-57-41-18-9-10-19-43(41)75-54)46-52(66)74-47(35-15-7-4-8-16-35)45(34-13-5-3-6-14-34)60(46)48(56)36-23-27-38(62)28-24-36/h3-10,13-16,18-30,39,44-48,62H,17,31H2,1-2H3,(H,57,58,63)/t44-,45-,46-,47+,48+,56-/m0/s1. The van der Waals surface area contributed by atoms with E-state index in [4.69, 9.17) is 18.9 Å². The van der Waals surface area contributed by atoms with Crippen molar-refractivity contribution in [3.05, 3.63) is 195 Å². The van der Waals surface area contributed by atoms with Crippen LogP contribution in [0.1, 0.15) is 58.0 Å². The van der Waals surface area contributed by atoms with Gasteiger partial charge in [-0.1, -0.05) is 108 Å². The van der Waals surface area contributed by atoms with Crippen molar-refractivity contribution in [2.24, 2.45) is 11.8 Å². The highest BCUT2D eigenvalue weighted by Gasteiger charge is 2.76. The lowest BCUT2D eigenvalue weighted by Gasteiger charge is -2.46. The van der Waals surface area contributed by atoms with E-state index < -0.39 is 88.8 Å². The number of carbonyl (C=O) groups excluding carboxylic acids is 6. The Balaban J connectivity index is 1.22. The number of carbonyl (C=O) groups is 6. The van der Waals surface area contributed by atoms with E-state index in [1.807, 2.05) is 60.7 Å². The molecule has 75 heavy (non-hydrogen) atoms. The molecular weight excluding hydrogens is 983 g/mol. The number of phenols is 1. The number of amides is 3. The molecule has 0 aliphatic carbocycles. The van der Waals surface area contributed by atoms with Gasteiger partial charge in [0.2, 0.25) is 11.8 Å². The number of hydrogen-bond donors (Lipinski definition) is 2. The fraction of sp³-hybridized carbons (Fsp3) is 0.196. The first-order chi connectivity index (χ1) is 36.3. The van der Waals surface area contributed by atoms with Crippen LogP contribution in [0.2, 0.25) is 0 Å². The molecular formula is C56H43N5O13S. The van der Waals surface area contributed by atoms with E-state index in [0.717, 1.165) is 23.8 Å². The van der Waals surface area contributed by atoms with E-state index in [-0.39, 0.29) is 39.8 Å². The lowest BCUT2D eigenvalue weighted by molar-refractivity contribution is -0.384. The lowest BCUT2D eigenvalue weighted by Crippen LogP contribution is -2.54. The predicted molar refractivity (Wildman–Crippen MR) is 271 cm³/mol. The van der Waals surface area contributed by atoms with E-state index in [0.29, 0.717) is 27.8 Å². The molecule has 18 nitrogen and oxygen atoms in total. The molecule has 1 spiro atoms. The molecule has 2 saturated heterocycles. The molecule has 0 radical (unpaired) electrons. The third-order valence-electron chi connectivity index (χ3n) is 13.7. The number of anilines is 2. The summed E-state index contributed by atoms with van der Waals surface area (Å²) in [7, 11) is 2.24. The first-order valence-electron chi connectivity index (χ1n) is 23.4. The summed E-state index contributed by atoms with van der Waals surface area (Å²) >= 11 is 1.17. The van der Waals surface area contributed by atoms with Crippen molar-refractivity contribution in [2.45, 2.75) is 42.7 Å². The van der Waals surface area contributed by atoms with Crippen LogP contribution in [0.15, 0.2) is 152 Å². The van der Waals surface area contributed by atoms with E-state index in [9.17, 15) is 29.6 Å². The zero-order valence-corrected chi connectivity index (χ0v) is 40.7.